The maximum atomic E-state index is 11.6. The summed E-state index contributed by atoms with van der Waals surface area (Å²) in [6.45, 7) is 3.94. The normalized spacial score (nSPS) is 12.2. The zero-order valence-corrected chi connectivity index (χ0v) is 10.3. The van der Waals surface area contributed by atoms with Crippen LogP contribution in [-0.4, -0.2) is 28.3 Å². The van der Waals surface area contributed by atoms with Crippen LogP contribution in [0.3, 0.4) is 0 Å². The van der Waals surface area contributed by atoms with Gasteiger partial charge < -0.3 is 20.3 Å². The minimum atomic E-state index is -0.939. The van der Waals surface area contributed by atoms with Gasteiger partial charge in [-0.25, -0.2) is 4.79 Å². The lowest BCUT2D eigenvalue weighted by Crippen LogP contribution is -2.45. The maximum Gasteiger partial charge on any atom is 0.315 e. The highest BCUT2D eigenvalue weighted by atomic mass is 16.5. The largest absolute Gasteiger partial charge is 0.481 e. The number of nitrogens with one attached hydrogen (secondary N) is 2. The highest BCUT2D eigenvalue weighted by Crippen LogP contribution is 2.05. The summed E-state index contributed by atoms with van der Waals surface area (Å²) in [5.41, 5.74) is 0.601. The summed E-state index contributed by atoms with van der Waals surface area (Å²) in [4.78, 5) is 22.2. The third-order valence-corrected chi connectivity index (χ3v) is 2.44. The molecule has 0 saturated carbocycles. The predicted octanol–water partition coefficient (Wildman–Crippen LogP) is 0.973. The Morgan fingerprint density at radius 1 is 1.50 bits per heavy atom. The second-order valence-electron chi connectivity index (χ2n) is 4.27. The quantitative estimate of drug-likeness (QED) is 0.702. The van der Waals surface area contributed by atoms with E-state index in [9.17, 15) is 9.59 Å². The van der Waals surface area contributed by atoms with Crippen molar-refractivity contribution >= 4 is 12.0 Å². The molecule has 1 heterocycles. The Morgan fingerprint density at radius 2 is 2.22 bits per heavy atom. The number of hydrogen-bond acceptors (Lipinski definition) is 4. The molecule has 0 aliphatic rings. The van der Waals surface area contributed by atoms with E-state index in [1.54, 1.807) is 6.07 Å². The number of aliphatic carboxylic acids is 1. The minimum absolute atomic E-state index is 0.0406. The number of carboxylic acid groups (broad SMARTS) is 1. The lowest BCUT2D eigenvalue weighted by Gasteiger charge is -2.20. The van der Waals surface area contributed by atoms with Crippen molar-refractivity contribution in [2.75, 3.05) is 0 Å². The van der Waals surface area contributed by atoms with E-state index in [0.717, 1.165) is 0 Å². The molecule has 0 spiro atoms. The van der Waals surface area contributed by atoms with Crippen LogP contribution in [0.2, 0.25) is 0 Å². The van der Waals surface area contributed by atoms with Crippen molar-refractivity contribution in [2.45, 2.75) is 32.9 Å². The van der Waals surface area contributed by atoms with E-state index in [-0.39, 0.29) is 18.9 Å². The van der Waals surface area contributed by atoms with Crippen LogP contribution in [0.15, 0.2) is 16.9 Å². The van der Waals surface area contributed by atoms with Crippen molar-refractivity contribution in [1.82, 2.24) is 15.8 Å². The number of hydrogen-bond donors (Lipinski definition) is 3. The summed E-state index contributed by atoms with van der Waals surface area (Å²) < 4.78 is 4.62. The zero-order valence-electron chi connectivity index (χ0n) is 10.3. The van der Waals surface area contributed by atoms with Crippen LogP contribution in [0.25, 0.3) is 0 Å². The summed E-state index contributed by atoms with van der Waals surface area (Å²) in [5, 5.41) is 17.6. The van der Waals surface area contributed by atoms with E-state index in [1.165, 1.54) is 6.26 Å². The fourth-order valence-electron chi connectivity index (χ4n) is 1.36. The molecule has 1 rings (SSSR count). The first-order valence-corrected chi connectivity index (χ1v) is 5.64. The van der Waals surface area contributed by atoms with Gasteiger partial charge >= 0.3 is 12.0 Å². The van der Waals surface area contributed by atoms with Crippen molar-refractivity contribution in [3.8, 4) is 0 Å². The first-order chi connectivity index (χ1) is 8.49. The average Bonchev–Trinajstić information content (AvgIpc) is 2.77. The van der Waals surface area contributed by atoms with Crippen LogP contribution in [-0.2, 0) is 11.3 Å². The number of aromatic nitrogens is 1. The molecule has 1 aromatic heterocycles. The van der Waals surface area contributed by atoms with Crippen LogP contribution in [0.5, 0.6) is 0 Å². The van der Waals surface area contributed by atoms with Gasteiger partial charge in [-0.2, -0.15) is 0 Å². The van der Waals surface area contributed by atoms with Crippen molar-refractivity contribution in [2.24, 2.45) is 5.92 Å². The molecule has 0 saturated heterocycles. The second kappa shape index (κ2) is 6.63. The van der Waals surface area contributed by atoms with Crippen molar-refractivity contribution in [1.29, 1.82) is 0 Å². The van der Waals surface area contributed by atoms with Crippen molar-refractivity contribution in [3.63, 3.8) is 0 Å². The summed E-state index contributed by atoms with van der Waals surface area (Å²) in [5.74, 6) is -0.899. The molecule has 0 aromatic carbocycles. The minimum Gasteiger partial charge on any atom is -0.481 e. The second-order valence-corrected chi connectivity index (χ2v) is 4.27. The lowest BCUT2D eigenvalue weighted by atomic mass is 10.0. The number of carbonyl (C=O) groups excluding carboxylic acids is 1. The first-order valence-electron chi connectivity index (χ1n) is 5.64. The number of amides is 2. The van der Waals surface area contributed by atoms with Crippen LogP contribution in [0.1, 0.15) is 26.0 Å². The van der Waals surface area contributed by atoms with Gasteiger partial charge in [-0.15, -0.1) is 0 Å². The Balaban J connectivity index is 2.38. The monoisotopic (exact) mass is 255 g/mol. The van der Waals surface area contributed by atoms with E-state index in [4.69, 9.17) is 5.11 Å². The van der Waals surface area contributed by atoms with Gasteiger partial charge in [0.2, 0.25) is 0 Å². The van der Waals surface area contributed by atoms with Gasteiger partial charge in [0, 0.05) is 12.1 Å². The van der Waals surface area contributed by atoms with E-state index in [2.05, 4.69) is 20.3 Å². The molecule has 0 aliphatic carbocycles. The standard InChI is InChI=1S/C11H17N3O4/c1-7(2)9(5-10(15)16)13-11(17)12-6-8-3-4-18-14-8/h3-4,7,9H,5-6H2,1-2H3,(H,15,16)(H2,12,13,17). The number of nitrogens with zero attached hydrogens (tertiary/aromatic N) is 1. The van der Waals surface area contributed by atoms with E-state index >= 15 is 0 Å². The number of rotatable bonds is 6. The van der Waals surface area contributed by atoms with Gasteiger partial charge in [0.15, 0.2) is 0 Å². The Morgan fingerprint density at radius 3 is 2.72 bits per heavy atom. The molecule has 1 aromatic rings. The molecule has 1 unspecified atom stereocenters. The molecule has 0 radical (unpaired) electrons. The Hall–Kier alpha value is -2.05. The molecule has 7 heteroatoms. The fourth-order valence-corrected chi connectivity index (χ4v) is 1.36. The SMILES string of the molecule is CC(C)C(CC(=O)O)NC(=O)NCc1ccon1. The van der Waals surface area contributed by atoms with E-state index < -0.39 is 18.0 Å². The average molecular weight is 255 g/mol. The highest BCUT2D eigenvalue weighted by Gasteiger charge is 2.19. The van der Waals surface area contributed by atoms with E-state index in [1.807, 2.05) is 13.8 Å². The van der Waals surface area contributed by atoms with Gasteiger partial charge in [0.1, 0.15) is 12.0 Å². The van der Waals surface area contributed by atoms with Crippen LogP contribution >= 0.6 is 0 Å². The van der Waals surface area contributed by atoms with Gasteiger partial charge in [-0.3, -0.25) is 4.79 Å². The molecule has 0 fully saturated rings. The maximum absolute atomic E-state index is 11.6. The molecule has 0 bridgehead atoms. The summed E-state index contributed by atoms with van der Waals surface area (Å²) in [7, 11) is 0. The van der Waals surface area contributed by atoms with Gasteiger partial charge in [0.25, 0.3) is 0 Å². The Labute approximate surface area is 105 Å². The molecular formula is C11H17N3O4. The molecule has 100 valence electrons. The van der Waals surface area contributed by atoms with Crippen LogP contribution in [0.4, 0.5) is 4.79 Å². The summed E-state index contributed by atoms with van der Waals surface area (Å²) >= 11 is 0. The summed E-state index contributed by atoms with van der Waals surface area (Å²) in [6, 6.07) is 0.815. The third-order valence-electron chi connectivity index (χ3n) is 2.44. The molecule has 1 atom stereocenters. The van der Waals surface area contributed by atoms with Gasteiger partial charge in [-0.05, 0) is 5.92 Å². The predicted molar refractivity (Wildman–Crippen MR) is 62.8 cm³/mol. The molecule has 2 amide bonds. The topological polar surface area (TPSA) is 104 Å². The molecule has 0 aliphatic heterocycles. The van der Waals surface area contributed by atoms with E-state index in [0.29, 0.717) is 5.69 Å². The Kier molecular flexibility index (Phi) is 5.16. The Bertz CT molecular complexity index is 389. The number of urea groups is 1. The number of carboxylic acids is 1. The third kappa shape index (κ3) is 4.86. The number of carbonyl (C=O) groups is 2. The zero-order chi connectivity index (χ0) is 13.5. The fraction of sp³-hybridized carbons (Fsp3) is 0.545. The van der Waals surface area contributed by atoms with Gasteiger partial charge in [-0.1, -0.05) is 19.0 Å². The molecular weight excluding hydrogens is 238 g/mol. The van der Waals surface area contributed by atoms with Crippen LogP contribution < -0.4 is 10.6 Å². The first kappa shape index (κ1) is 14.0. The smallest absolute Gasteiger partial charge is 0.315 e. The lowest BCUT2D eigenvalue weighted by molar-refractivity contribution is -0.137. The van der Waals surface area contributed by atoms with Crippen molar-refractivity contribution < 1.29 is 19.2 Å². The van der Waals surface area contributed by atoms with Crippen molar-refractivity contribution in [3.05, 3.63) is 18.0 Å². The molecule has 3 N–H and O–H groups in total. The summed E-state index contributed by atoms with van der Waals surface area (Å²) in [6.07, 6.45) is 1.31. The molecule has 18 heavy (non-hydrogen) atoms. The van der Waals surface area contributed by atoms with Crippen LogP contribution in [0, 0.1) is 5.92 Å². The highest BCUT2D eigenvalue weighted by molar-refractivity contribution is 5.75. The van der Waals surface area contributed by atoms with Gasteiger partial charge in [0.05, 0.1) is 13.0 Å². The molecule has 7 nitrogen and oxygen atoms in total.